The number of rotatable bonds is 5. The van der Waals surface area contributed by atoms with Crippen LogP contribution in [-0.2, 0) is 17.6 Å². The third-order valence-electron chi connectivity index (χ3n) is 6.03. The summed E-state index contributed by atoms with van der Waals surface area (Å²) in [6, 6.07) is 5.68. The van der Waals surface area contributed by atoms with Crippen molar-refractivity contribution >= 4 is 22.2 Å². The van der Waals surface area contributed by atoms with Gasteiger partial charge in [0.2, 0.25) is 4.96 Å². The molecule has 3 aromatic heterocycles. The molecule has 176 valence electrons. The zero-order chi connectivity index (χ0) is 24.0. The first kappa shape index (κ1) is 22.4. The Kier molecular flexibility index (Phi) is 5.76. The van der Waals surface area contributed by atoms with Crippen LogP contribution in [0.4, 0.5) is 8.78 Å². The molecule has 7 nitrogen and oxygen atoms in total. The van der Waals surface area contributed by atoms with Gasteiger partial charge in [0, 0.05) is 24.7 Å². The van der Waals surface area contributed by atoms with Crippen molar-refractivity contribution in [3.63, 3.8) is 0 Å². The summed E-state index contributed by atoms with van der Waals surface area (Å²) in [6.07, 6.45) is 2.81. The number of ether oxygens (including phenoxy) is 1. The van der Waals surface area contributed by atoms with Gasteiger partial charge >= 0.3 is 0 Å². The molecule has 0 spiro atoms. The van der Waals surface area contributed by atoms with Crippen LogP contribution in [0.3, 0.4) is 0 Å². The number of carbonyl (C=O) groups excluding carboxylic acids is 1. The van der Waals surface area contributed by atoms with Crippen molar-refractivity contribution in [1.29, 1.82) is 0 Å². The van der Waals surface area contributed by atoms with Gasteiger partial charge < -0.3 is 9.64 Å². The average Bonchev–Trinajstić information content (AvgIpc) is 3.36. The van der Waals surface area contributed by atoms with Crippen molar-refractivity contribution in [2.45, 2.75) is 39.7 Å². The normalized spacial score (nSPS) is 15.6. The molecule has 1 unspecified atom stereocenters. The lowest BCUT2D eigenvalue weighted by atomic mass is 9.94. The van der Waals surface area contributed by atoms with E-state index in [4.69, 9.17) is 4.74 Å². The summed E-state index contributed by atoms with van der Waals surface area (Å²) < 4.78 is 37.3. The predicted molar refractivity (Wildman–Crippen MR) is 123 cm³/mol. The number of aryl methyl sites for hydroxylation is 3. The van der Waals surface area contributed by atoms with Crippen LogP contribution < -0.4 is 4.74 Å². The maximum atomic E-state index is 15.2. The number of hydrogen-bond acceptors (Lipinski definition) is 6. The lowest BCUT2D eigenvalue weighted by Gasteiger charge is -2.35. The third-order valence-corrected chi connectivity index (χ3v) is 6.85. The summed E-state index contributed by atoms with van der Waals surface area (Å²) in [6.45, 7) is 5.36. The van der Waals surface area contributed by atoms with Gasteiger partial charge in [-0.3, -0.25) is 9.78 Å². The van der Waals surface area contributed by atoms with Crippen molar-refractivity contribution in [3.8, 4) is 5.75 Å². The number of pyridine rings is 1. The molecule has 1 aliphatic heterocycles. The van der Waals surface area contributed by atoms with Crippen LogP contribution in [0.1, 0.15) is 46.2 Å². The molecule has 1 atom stereocenters. The number of amides is 1. The van der Waals surface area contributed by atoms with Crippen LogP contribution in [0.5, 0.6) is 5.75 Å². The van der Waals surface area contributed by atoms with Crippen LogP contribution in [0.25, 0.3) is 4.96 Å². The molecule has 1 aromatic carbocycles. The van der Waals surface area contributed by atoms with Crippen LogP contribution in [-0.4, -0.2) is 43.5 Å². The average molecular weight is 484 g/mol. The quantitative estimate of drug-likeness (QED) is 0.426. The minimum atomic E-state index is -0.973. The van der Waals surface area contributed by atoms with Crippen molar-refractivity contribution in [2.75, 3.05) is 13.2 Å². The zero-order valence-electron chi connectivity index (χ0n) is 19.0. The van der Waals surface area contributed by atoms with E-state index in [9.17, 15) is 9.18 Å². The van der Waals surface area contributed by atoms with Crippen LogP contribution in [0.15, 0.2) is 30.5 Å². The molecule has 0 radical (unpaired) electrons. The molecule has 1 amide bonds. The fourth-order valence-electron chi connectivity index (χ4n) is 4.36. The second-order valence-corrected chi connectivity index (χ2v) is 9.35. The molecular formula is C24H23F2N5O2S. The molecule has 10 heteroatoms. The Bertz CT molecular complexity index is 1400. The molecule has 4 heterocycles. The highest BCUT2D eigenvalue weighted by Crippen LogP contribution is 2.38. The van der Waals surface area contributed by atoms with Gasteiger partial charge in [0.15, 0.2) is 18.2 Å². The lowest BCUT2D eigenvalue weighted by Crippen LogP contribution is -2.43. The van der Waals surface area contributed by atoms with E-state index in [1.54, 1.807) is 22.8 Å². The summed E-state index contributed by atoms with van der Waals surface area (Å²) in [4.78, 5) is 24.5. The monoisotopic (exact) mass is 483 g/mol. The number of halogens is 2. The Hall–Kier alpha value is -3.40. The number of carbonyl (C=O) groups is 1. The summed E-state index contributed by atoms with van der Waals surface area (Å²) in [5.74, 6) is -1.71. The van der Waals surface area contributed by atoms with Gasteiger partial charge in [-0.1, -0.05) is 30.4 Å². The van der Waals surface area contributed by atoms with Gasteiger partial charge in [-0.05, 0) is 38.0 Å². The highest BCUT2D eigenvalue weighted by atomic mass is 32.1. The van der Waals surface area contributed by atoms with E-state index in [0.29, 0.717) is 35.8 Å². The van der Waals surface area contributed by atoms with Crippen molar-refractivity contribution in [1.82, 2.24) is 24.5 Å². The third kappa shape index (κ3) is 3.71. The smallest absolute Gasteiger partial charge is 0.261 e. The highest BCUT2D eigenvalue weighted by Gasteiger charge is 2.39. The molecule has 0 N–H and O–H groups in total. The number of fused-ring (bicyclic) bond motifs is 3. The Balaban J connectivity index is 1.56. The fraction of sp³-hybridized carbons (Fsp3) is 0.333. The molecule has 34 heavy (non-hydrogen) atoms. The molecule has 0 bridgehead atoms. The van der Waals surface area contributed by atoms with E-state index in [2.05, 4.69) is 15.1 Å². The van der Waals surface area contributed by atoms with E-state index in [1.165, 1.54) is 35.3 Å². The summed E-state index contributed by atoms with van der Waals surface area (Å²) in [5, 5.41) is 5.31. The van der Waals surface area contributed by atoms with Gasteiger partial charge in [-0.15, -0.1) is 0 Å². The summed E-state index contributed by atoms with van der Waals surface area (Å²) in [7, 11) is 0. The zero-order valence-corrected chi connectivity index (χ0v) is 19.8. The van der Waals surface area contributed by atoms with Gasteiger partial charge in [-0.25, -0.2) is 18.3 Å². The number of imidazole rings is 1. The van der Waals surface area contributed by atoms with Crippen molar-refractivity contribution in [2.24, 2.45) is 0 Å². The molecule has 4 aromatic rings. The Morgan fingerprint density at radius 1 is 1.24 bits per heavy atom. The topological polar surface area (TPSA) is 72.6 Å². The van der Waals surface area contributed by atoms with Gasteiger partial charge in [-0.2, -0.15) is 5.10 Å². The largest absolute Gasteiger partial charge is 0.482 e. The first-order chi connectivity index (χ1) is 16.4. The molecule has 0 saturated heterocycles. The SMILES string of the molecule is CCc1ncccc1OCC(=O)N1CCc2nc3sc(C)nn3c2C1c1ccc(C)c(F)c1F. The Morgan fingerprint density at radius 2 is 2.06 bits per heavy atom. The van der Waals surface area contributed by atoms with Gasteiger partial charge in [0.25, 0.3) is 5.91 Å². The van der Waals surface area contributed by atoms with Crippen LogP contribution >= 0.6 is 11.3 Å². The van der Waals surface area contributed by atoms with E-state index in [1.807, 2.05) is 13.8 Å². The minimum absolute atomic E-state index is 0.0699. The van der Waals surface area contributed by atoms with Crippen molar-refractivity contribution < 1.29 is 18.3 Å². The van der Waals surface area contributed by atoms with Crippen LogP contribution in [0, 0.1) is 25.5 Å². The number of hydrogen-bond donors (Lipinski definition) is 0. The second-order valence-electron chi connectivity index (χ2n) is 8.19. The van der Waals surface area contributed by atoms with E-state index >= 15 is 4.39 Å². The summed E-state index contributed by atoms with van der Waals surface area (Å²) >= 11 is 1.41. The molecular weight excluding hydrogens is 460 g/mol. The lowest BCUT2D eigenvalue weighted by molar-refractivity contribution is -0.135. The summed E-state index contributed by atoms with van der Waals surface area (Å²) in [5.41, 5.74) is 2.33. The second kappa shape index (κ2) is 8.75. The highest BCUT2D eigenvalue weighted by molar-refractivity contribution is 7.16. The maximum Gasteiger partial charge on any atom is 0.261 e. The molecule has 5 rings (SSSR count). The van der Waals surface area contributed by atoms with Crippen LogP contribution in [0.2, 0.25) is 0 Å². The van der Waals surface area contributed by atoms with E-state index in [0.717, 1.165) is 16.4 Å². The Labute approximate surface area is 199 Å². The molecule has 0 saturated carbocycles. The van der Waals surface area contributed by atoms with Crippen molar-refractivity contribution in [3.05, 3.63) is 75.3 Å². The fourth-order valence-corrected chi connectivity index (χ4v) is 5.13. The number of benzene rings is 1. The Morgan fingerprint density at radius 3 is 2.85 bits per heavy atom. The van der Waals surface area contributed by atoms with E-state index in [-0.39, 0.29) is 23.6 Å². The molecule has 0 fully saturated rings. The predicted octanol–water partition coefficient (Wildman–Crippen LogP) is 4.20. The van der Waals surface area contributed by atoms with Gasteiger partial charge in [0.05, 0.1) is 17.1 Å². The molecule has 0 aliphatic carbocycles. The van der Waals surface area contributed by atoms with Gasteiger partial charge in [0.1, 0.15) is 16.8 Å². The number of nitrogens with zero attached hydrogens (tertiary/aromatic N) is 5. The number of aromatic nitrogens is 4. The first-order valence-electron chi connectivity index (χ1n) is 11.0. The van der Waals surface area contributed by atoms with E-state index < -0.39 is 17.7 Å². The minimum Gasteiger partial charge on any atom is -0.482 e. The first-order valence-corrected chi connectivity index (χ1v) is 11.9. The maximum absolute atomic E-state index is 15.2. The standard InChI is InChI=1S/C24H23F2N5O2S/c1-4-16-18(6-5-10-27-16)33-12-19(32)30-11-9-17-23(31-24(28-17)34-14(3)29-31)22(30)15-8-7-13(2)20(25)21(15)26/h5-8,10,22H,4,9,11-12H2,1-3H3. The molecule has 1 aliphatic rings.